The van der Waals surface area contributed by atoms with Crippen LogP contribution in [-0.4, -0.2) is 11.0 Å². The topological polar surface area (TPSA) is 29.4 Å². The average molecular weight is 213 g/mol. The summed E-state index contributed by atoms with van der Waals surface area (Å²) in [7, 11) is 0. The summed E-state index contributed by atoms with van der Waals surface area (Å²) in [6.45, 7) is 0.489. The van der Waals surface area contributed by atoms with Crippen molar-refractivity contribution < 1.29 is 0 Å². The van der Waals surface area contributed by atoms with E-state index in [1.54, 1.807) is 0 Å². The number of hydrogen-bond acceptors (Lipinski definition) is 2. The van der Waals surface area contributed by atoms with Crippen molar-refractivity contribution in [2.45, 2.75) is 12.8 Å². The molecule has 42 valence electrons. The van der Waals surface area contributed by atoms with Crippen molar-refractivity contribution in [1.82, 2.24) is 0 Å². The highest BCUT2D eigenvalue weighted by Gasteiger charge is 1.81. The smallest absolute Gasteiger partial charge is 0.0811 e. The van der Waals surface area contributed by atoms with Crippen LogP contribution in [0.4, 0.5) is 0 Å². The molecule has 0 unspecified atom stereocenters. The van der Waals surface area contributed by atoms with Crippen LogP contribution >= 0.6 is 22.6 Å². The molecule has 7 heavy (non-hydrogen) atoms. The van der Waals surface area contributed by atoms with Gasteiger partial charge in [-0.05, 0) is 17.3 Å². The van der Waals surface area contributed by atoms with Crippen LogP contribution in [-0.2, 0) is 0 Å². The minimum Gasteiger partial charge on any atom is -0.151 e. The Hall–Kier alpha value is 0.330. The molecule has 0 aromatic rings. The summed E-state index contributed by atoms with van der Waals surface area (Å²) in [5, 5.41) is 2.72. The molecule has 0 fully saturated rings. The summed E-state index contributed by atoms with van der Waals surface area (Å²) in [5.41, 5.74) is 0. The van der Waals surface area contributed by atoms with Gasteiger partial charge in [-0.2, -0.15) is 4.91 Å². The second-order valence-electron chi connectivity index (χ2n) is 1.25. The lowest BCUT2D eigenvalue weighted by Crippen LogP contribution is -1.78. The molecule has 0 spiro atoms. The van der Waals surface area contributed by atoms with Crippen molar-refractivity contribution in [2.75, 3.05) is 11.0 Å². The molecule has 0 aliphatic heterocycles. The molecule has 0 N–H and O–H groups in total. The van der Waals surface area contributed by atoms with E-state index in [2.05, 4.69) is 27.8 Å². The molecule has 0 amide bonds. The van der Waals surface area contributed by atoms with Gasteiger partial charge >= 0.3 is 0 Å². The molecule has 0 aliphatic carbocycles. The molecule has 0 aliphatic rings. The number of halogens is 1. The van der Waals surface area contributed by atoms with E-state index in [-0.39, 0.29) is 0 Å². The molecule has 0 saturated carbocycles. The molecule has 2 nitrogen and oxygen atoms in total. The third kappa shape index (κ3) is 6.33. The van der Waals surface area contributed by atoms with Crippen molar-refractivity contribution in [3.8, 4) is 0 Å². The van der Waals surface area contributed by atoms with Gasteiger partial charge in [0.25, 0.3) is 0 Å². The van der Waals surface area contributed by atoms with Gasteiger partial charge < -0.3 is 0 Å². The Labute approximate surface area is 56.8 Å². The Morgan fingerprint density at radius 1 is 1.43 bits per heavy atom. The van der Waals surface area contributed by atoms with E-state index >= 15 is 0 Å². The lowest BCUT2D eigenvalue weighted by Gasteiger charge is -1.84. The number of unbranched alkanes of at least 4 members (excludes halogenated alkanes) is 1. The highest BCUT2D eigenvalue weighted by atomic mass is 127. The second-order valence-corrected chi connectivity index (χ2v) is 2.33. The van der Waals surface area contributed by atoms with E-state index in [1.807, 2.05) is 0 Å². The molecular formula is C4H8INO. The van der Waals surface area contributed by atoms with Crippen LogP contribution in [0, 0.1) is 4.91 Å². The van der Waals surface area contributed by atoms with Crippen molar-refractivity contribution in [3.63, 3.8) is 0 Å². The molecule has 3 heteroatoms. The summed E-state index contributed by atoms with van der Waals surface area (Å²) in [6.07, 6.45) is 2.07. The largest absolute Gasteiger partial charge is 0.151 e. The minimum atomic E-state index is 0.489. The van der Waals surface area contributed by atoms with Crippen LogP contribution in [0.25, 0.3) is 0 Å². The number of hydrogen-bond donors (Lipinski definition) is 0. The van der Waals surface area contributed by atoms with Gasteiger partial charge in [0.1, 0.15) is 0 Å². The van der Waals surface area contributed by atoms with Crippen LogP contribution in [0.2, 0.25) is 0 Å². The molecule has 0 atom stereocenters. The molecular weight excluding hydrogens is 205 g/mol. The first-order valence-corrected chi connectivity index (χ1v) is 3.79. The monoisotopic (exact) mass is 213 g/mol. The predicted octanol–water partition coefficient (Wildman–Crippen LogP) is 1.97. The van der Waals surface area contributed by atoms with E-state index in [0.29, 0.717) is 6.54 Å². The first kappa shape index (κ1) is 7.33. The minimum absolute atomic E-state index is 0.489. The zero-order valence-electron chi connectivity index (χ0n) is 4.06. The van der Waals surface area contributed by atoms with Crippen molar-refractivity contribution in [1.29, 1.82) is 0 Å². The van der Waals surface area contributed by atoms with Gasteiger partial charge in [-0.15, -0.1) is 0 Å². The lowest BCUT2D eigenvalue weighted by molar-refractivity contribution is 0.818. The summed E-state index contributed by atoms with van der Waals surface area (Å²) < 4.78 is 1.13. The quantitative estimate of drug-likeness (QED) is 0.304. The van der Waals surface area contributed by atoms with Gasteiger partial charge in [0.15, 0.2) is 0 Å². The van der Waals surface area contributed by atoms with Gasteiger partial charge in [-0.1, -0.05) is 27.8 Å². The van der Waals surface area contributed by atoms with Crippen LogP contribution < -0.4 is 0 Å². The van der Waals surface area contributed by atoms with Crippen molar-refractivity contribution in [2.24, 2.45) is 5.18 Å². The zero-order chi connectivity index (χ0) is 5.54. The third-order valence-corrected chi connectivity index (χ3v) is 1.40. The highest BCUT2D eigenvalue weighted by Crippen LogP contribution is 1.93. The number of nitrogens with zero attached hydrogens (tertiary/aromatic N) is 1. The predicted molar refractivity (Wildman–Crippen MR) is 38.8 cm³/mol. The highest BCUT2D eigenvalue weighted by molar-refractivity contribution is 14.1. The van der Waals surface area contributed by atoms with Gasteiger partial charge in [-0.25, -0.2) is 0 Å². The maximum atomic E-state index is 9.43. The maximum Gasteiger partial charge on any atom is 0.0811 e. The average Bonchev–Trinajstić information content (AvgIpc) is 1.69. The lowest BCUT2D eigenvalue weighted by atomic mass is 10.3. The molecule has 0 saturated heterocycles. The molecule has 0 heterocycles. The van der Waals surface area contributed by atoms with E-state index in [0.717, 1.165) is 17.3 Å². The Morgan fingerprint density at radius 3 is 2.57 bits per heavy atom. The normalized spacial score (nSPS) is 8.71. The maximum absolute atomic E-state index is 9.43. The van der Waals surface area contributed by atoms with Gasteiger partial charge in [0.2, 0.25) is 0 Å². The molecule has 0 radical (unpaired) electrons. The number of alkyl halides is 1. The summed E-state index contributed by atoms with van der Waals surface area (Å²) in [6, 6.07) is 0. The van der Waals surface area contributed by atoms with Gasteiger partial charge in [0, 0.05) is 0 Å². The number of rotatable bonds is 4. The third-order valence-electron chi connectivity index (χ3n) is 0.633. The standard InChI is InChI=1S/C4H8INO/c5-3-1-2-4-6-7/h1-4H2. The summed E-state index contributed by atoms with van der Waals surface area (Å²) in [5.74, 6) is 0. The van der Waals surface area contributed by atoms with E-state index < -0.39 is 0 Å². The Balaban J connectivity index is 2.56. The Morgan fingerprint density at radius 2 is 2.14 bits per heavy atom. The van der Waals surface area contributed by atoms with Gasteiger partial charge in [-0.3, -0.25) is 0 Å². The SMILES string of the molecule is O=NCCCCI. The van der Waals surface area contributed by atoms with Crippen LogP contribution in [0.3, 0.4) is 0 Å². The second kappa shape index (κ2) is 6.33. The fourth-order valence-corrected chi connectivity index (χ4v) is 0.810. The Bertz CT molecular complexity index is 49.0. The zero-order valence-corrected chi connectivity index (χ0v) is 6.22. The van der Waals surface area contributed by atoms with E-state index in [4.69, 9.17) is 0 Å². The van der Waals surface area contributed by atoms with Crippen molar-refractivity contribution >= 4 is 22.6 Å². The van der Waals surface area contributed by atoms with Crippen LogP contribution in [0.5, 0.6) is 0 Å². The molecule has 0 aromatic carbocycles. The Kier molecular flexibility index (Phi) is 6.63. The summed E-state index contributed by atoms with van der Waals surface area (Å²) in [4.78, 5) is 9.43. The first-order chi connectivity index (χ1) is 3.41. The van der Waals surface area contributed by atoms with E-state index in [1.165, 1.54) is 0 Å². The summed E-state index contributed by atoms with van der Waals surface area (Å²) >= 11 is 2.28. The van der Waals surface area contributed by atoms with Gasteiger partial charge in [0.05, 0.1) is 6.54 Å². The fraction of sp³-hybridized carbons (Fsp3) is 1.00. The van der Waals surface area contributed by atoms with E-state index in [9.17, 15) is 4.91 Å². The fourth-order valence-electron chi connectivity index (χ4n) is 0.271. The van der Waals surface area contributed by atoms with Crippen molar-refractivity contribution in [3.05, 3.63) is 4.91 Å². The molecule has 0 bridgehead atoms. The molecule has 0 aromatic heterocycles. The molecule has 0 rings (SSSR count). The van der Waals surface area contributed by atoms with Crippen LogP contribution in [0.15, 0.2) is 5.18 Å². The number of nitroso groups, excluding NO2 is 1. The first-order valence-electron chi connectivity index (χ1n) is 2.27. The van der Waals surface area contributed by atoms with Crippen LogP contribution in [0.1, 0.15) is 12.8 Å².